The summed E-state index contributed by atoms with van der Waals surface area (Å²) in [4.78, 5) is 6.02. The maximum atomic E-state index is 3.56. The summed E-state index contributed by atoms with van der Waals surface area (Å²) in [6.07, 6.45) is 1.10. The van der Waals surface area contributed by atoms with E-state index in [2.05, 4.69) is 64.5 Å². The number of rotatable bonds is 1. The fourth-order valence-electron chi connectivity index (χ4n) is 3.03. The van der Waals surface area contributed by atoms with Gasteiger partial charge in [-0.3, -0.25) is 0 Å². The van der Waals surface area contributed by atoms with Crippen molar-refractivity contribution in [3.05, 3.63) is 65.9 Å². The third-order valence-corrected chi connectivity index (χ3v) is 4.00. The van der Waals surface area contributed by atoms with Crippen LogP contribution in [0.15, 0.2) is 54.6 Å². The Kier molecular flexibility index (Phi) is 2.34. The van der Waals surface area contributed by atoms with E-state index in [1.165, 1.54) is 27.8 Å². The van der Waals surface area contributed by atoms with E-state index in [-0.39, 0.29) is 0 Å². The number of nitrogens with one attached hydrogen (secondary N) is 1. The van der Waals surface area contributed by atoms with Crippen molar-refractivity contribution in [2.45, 2.75) is 13.0 Å². The molecule has 2 aromatic carbocycles. The van der Waals surface area contributed by atoms with Crippen LogP contribution in [0.4, 0.5) is 5.69 Å². The van der Waals surface area contributed by atoms with Crippen molar-refractivity contribution >= 4 is 16.6 Å². The molecule has 0 saturated heterocycles. The van der Waals surface area contributed by atoms with Crippen LogP contribution in [0.5, 0.6) is 0 Å². The Balaban J connectivity index is 1.77. The molecule has 1 aliphatic rings. The highest BCUT2D eigenvalue weighted by Gasteiger charge is 2.20. The lowest BCUT2D eigenvalue weighted by molar-refractivity contribution is 0.726. The quantitative estimate of drug-likeness (QED) is 0.695. The van der Waals surface area contributed by atoms with Gasteiger partial charge in [-0.2, -0.15) is 0 Å². The van der Waals surface area contributed by atoms with Gasteiger partial charge in [0.2, 0.25) is 0 Å². The van der Waals surface area contributed by atoms with Gasteiger partial charge in [-0.15, -0.1) is 0 Å². The van der Waals surface area contributed by atoms with Crippen LogP contribution in [0.3, 0.4) is 0 Å². The van der Waals surface area contributed by atoms with E-state index in [4.69, 9.17) is 0 Å². The molecule has 0 bridgehead atoms. The molecule has 0 atom stereocenters. The fourth-order valence-corrected chi connectivity index (χ4v) is 3.03. The summed E-state index contributed by atoms with van der Waals surface area (Å²) in [5.74, 6) is 0. The van der Waals surface area contributed by atoms with Crippen molar-refractivity contribution in [3.63, 3.8) is 0 Å². The van der Waals surface area contributed by atoms with Gasteiger partial charge in [0.05, 0.1) is 0 Å². The topological polar surface area (TPSA) is 19.0 Å². The summed E-state index contributed by atoms with van der Waals surface area (Å²) in [7, 11) is 0. The molecule has 0 unspecified atom stereocenters. The lowest BCUT2D eigenvalue weighted by atomic mass is 10.0. The van der Waals surface area contributed by atoms with Crippen molar-refractivity contribution in [2.24, 2.45) is 0 Å². The molecule has 19 heavy (non-hydrogen) atoms. The van der Waals surface area contributed by atoms with Crippen LogP contribution < -0.4 is 4.90 Å². The second kappa shape index (κ2) is 4.16. The number of aromatic nitrogens is 1. The Morgan fingerprint density at radius 2 is 1.68 bits per heavy atom. The van der Waals surface area contributed by atoms with Crippen LogP contribution in [-0.4, -0.2) is 11.5 Å². The van der Waals surface area contributed by atoms with Gasteiger partial charge in [-0.25, -0.2) is 0 Å². The van der Waals surface area contributed by atoms with Crippen molar-refractivity contribution in [3.8, 4) is 0 Å². The molecule has 3 aromatic rings. The van der Waals surface area contributed by atoms with Crippen molar-refractivity contribution < 1.29 is 0 Å². The highest BCUT2D eigenvalue weighted by atomic mass is 15.1. The van der Waals surface area contributed by atoms with E-state index in [1.807, 2.05) is 0 Å². The minimum atomic E-state index is 1.00. The van der Waals surface area contributed by atoms with Crippen molar-refractivity contribution in [1.82, 2.24) is 4.98 Å². The SMILES string of the molecule is c1ccc(N2CCc3[nH]c4ccccc4c3C2)cc1. The minimum absolute atomic E-state index is 1.00. The molecule has 4 rings (SSSR count). The molecule has 0 amide bonds. The van der Waals surface area contributed by atoms with Gasteiger partial charge >= 0.3 is 0 Å². The van der Waals surface area contributed by atoms with Crippen LogP contribution in [0.2, 0.25) is 0 Å². The molecule has 2 nitrogen and oxygen atoms in total. The molecule has 1 N–H and O–H groups in total. The zero-order chi connectivity index (χ0) is 12.7. The van der Waals surface area contributed by atoms with Gasteiger partial charge < -0.3 is 9.88 Å². The van der Waals surface area contributed by atoms with E-state index in [9.17, 15) is 0 Å². The normalized spacial score (nSPS) is 14.6. The molecule has 94 valence electrons. The van der Waals surface area contributed by atoms with Gasteiger partial charge in [0.1, 0.15) is 0 Å². The molecule has 0 saturated carbocycles. The number of fused-ring (bicyclic) bond motifs is 3. The summed E-state index contributed by atoms with van der Waals surface area (Å²) in [5.41, 5.74) is 5.46. The highest BCUT2D eigenvalue weighted by molar-refractivity contribution is 5.85. The van der Waals surface area contributed by atoms with Gasteiger partial charge in [0.15, 0.2) is 0 Å². The third-order valence-electron chi connectivity index (χ3n) is 4.00. The fraction of sp³-hybridized carbons (Fsp3) is 0.176. The Morgan fingerprint density at radius 1 is 0.895 bits per heavy atom. The Morgan fingerprint density at radius 3 is 2.58 bits per heavy atom. The third kappa shape index (κ3) is 1.72. The summed E-state index contributed by atoms with van der Waals surface area (Å²) >= 11 is 0. The predicted octanol–water partition coefficient (Wildman–Crippen LogP) is 3.73. The smallest absolute Gasteiger partial charge is 0.0459 e. The van der Waals surface area contributed by atoms with Crippen LogP contribution in [-0.2, 0) is 13.0 Å². The lowest BCUT2D eigenvalue weighted by Gasteiger charge is -2.29. The summed E-state index contributed by atoms with van der Waals surface area (Å²) < 4.78 is 0. The van der Waals surface area contributed by atoms with E-state index in [0.29, 0.717) is 0 Å². The minimum Gasteiger partial charge on any atom is -0.367 e. The molecule has 1 aliphatic heterocycles. The van der Waals surface area contributed by atoms with Crippen LogP contribution in [0.25, 0.3) is 10.9 Å². The zero-order valence-electron chi connectivity index (χ0n) is 10.8. The average molecular weight is 248 g/mol. The summed E-state index contributed by atoms with van der Waals surface area (Å²) in [6, 6.07) is 19.3. The van der Waals surface area contributed by atoms with Crippen LogP contribution in [0, 0.1) is 0 Å². The number of anilines is 1. The molecule has 2 heteroatoms. The van der Waals surface area contributed by atoms with E-state index in [0.717, 1.165) is 19.5 Å². The number of benzene rings is 2. The van der Waals surface area contributed by atoms with Crippen LogP contribution >= 0.6 is 0 Å². The molecule has 0 spiro atoms. The Hall–Kier alpha value is -2.22. The number of H-pyrrole nitrogens is 1. The molecule has 0 aliphatic carbocycles. The number of hydrogen-bond acceptors (Lipinski definition) is 1. The van der Waals surface area contributed by atoms with Crippen LogP contribution in [0.1, 0.15) is 11.3 Å². The summed E-state index contributed by atoms with van der Waals surface area (Å²) in [5, 5.41) is 1.37. The van der Waals surface area contributed by atoms with E-state index < -0.39 is 0 Å². The monoisotopic (exact) mass is 248 g/mol. The Labute approximate surface area is 112 Å². The summed E-state index contributed by atoms with van der Waals surface area (Å²) in [6.45, 7) is 2.09. The zero-order valence-corrected chi connectivity index (χ0v) is 10.8. The number of aromatic amines is 1. The molecule has 0 radical (unpaired) electrons. The average Bonchev–Trinajstić information content (AvgIpc) is 2.86. The maximum absolute atomic E-state index is 3.56. The first-order chi connectivity index (χ1) is 9.42. The lowest BCUT2D eigenvalue weighted by Crippen LogP contribution is -2.29. The standard InChI is InChI=1S/C17H16N2/c1-2-6-13(7-3-1)19-11-10-17-15(12-19)14-8-4-5-9-16(14)18-17/h1-9,18H,10-12H2. The second-order valence-electron chi connectivity index (χ2n) is 5.13. The van der Waals surface area contributed by atoms with E-state index >= 15 is 0 Å². The van der Waals surface area contributed by atoms with E-state index in [1.54, 1.807) is 0 Å². The number of nitrogens with zero attached hydrogens (tertiary/aromatic N) is 1. The van der Waals surface area contributed by atoms with Crippen molar-refractivity contribution in [2.75, 3.05) is 11.4 Å². The second-order valence-corrected chi connectivity index (χ2v) is 5.13. The first kappa shape index (κ1) is 10.7. The van der Waals surface area contributed by atoms with Gasteiger partial charge in [0, 0.05) is 47.4 Å². The molecule has 2 heterocycles. The first-order valence-corrected chi connectivity index (χ1v) is 6.80. The number of hydrogen-bond donors (Lipinski definition) is 1. The molecular weight excluding hydrogens is 232 g/mol. The van der Waals surface area contributed by atoms with Gasteiger partial charge in [0.25, 0.3) is 0 Å². The maximum Gasteiger partial charge on any atom is 0.0459 e. The first-order valence-electron chi connectivity index (χ1n) is 6.80. The van der Waals surface area contributed by atoms with Gasteiger partial charge in [-0.1, -0.05) is 36.4 Å². The molecule has 0 fully saturated rings. The largest absolute Gasteiger partial charge is 0.367 e. The molecule has 1 aromatic heterocycles. The number of para-hydroxylation sites is 2. The highest BCUT2D eigenvalue weighted by Crippen LogP contribution is 2.29. The van der Waals surface area contributed by atoms with Gasteiger partial charge in [-0.05, 0) is 18.2 Å². The Bertz CT molecular complexity index is 712. The van der Waals surface area contributed by atoms with Crippen molar-refractivity contribution in [1.29, 1.82) is 0 Å². The molecular formula is C17H16N2. The predicted molar refractivity (Wildman–Crippen MR) is 79.5 cm³/mol.